The molecule has 0 rings (SSSR count). The molecule has 1 amide bonds. The van der Waals surface area contributed by atoms with Crippen LogP contribution in [0.4, 0.5) is 8.99 Å². The van der Waals surface area contributed by atoms with Crippen LogP contribution in [0, 0.1) is 0 Å². The minimum Gasteiger partial charge on any atom is -0.460 e. The Morgan fingerprint density at radius 2 is 1.86 bits per heavy atom. The van der Waals surface area contributed by atoms with E-state index in [2.05, 4.69) is 27.7 Å². The molecule has 7 nitrogen and oxygen atoms in total. The zero-order chi connectivity index (χ0) is 16.3. The third-order valence-corrected chi connectivity index (χ3v) is 2.74. The fourth-order valence-electron chi connectivity index (χ4n) is 1.24. The molecule has 0 bridgehead atoms. The Kier molecular flexibility index (Phi) is 8.96. The van der Waals surface area contributed by atoms with Gasteiger partial charge in [-0.05, 0) is 12.5 Å². The van der Waals surface area contributed by atoms with Crippen LogP contribution in [-0.4, -0.2) is 36.8 Å². The van der Waals surface area contributed by atoms with Crippen LogP contribution < -0.4 is 5.32 Å². The SMILES string of the molecule is C=CC(=O)NC(CC)(COC(=O)C=C)COC(=O)OPF. The summed E-state index contributed by atoms with van der Waals surface area (Å²) in [7, 11) is -1.55. The second-order valence-corrected chi connectivity index (χ2v) is 4.22. The zero-order valence-electron chi connectivity index (χ0n) is 11.5. The maximum atomic E-state index is 11.9. The van der Waals surface area contributed by atoms with E-state index in [1.165, 1.54) is 0 Å². The van der Waals surface area contributed by atoms with Crippen molar-refractivity contribution in [2.45, 2.75) is 18.9 Å². The van der Waals surface area contributed by atoms with E-state index < -0.39 is 32.7 Å². The second-order valence-electron chi connectivity index (χ2n) is 3.86. The maximum Gasteiger partial charge on any atom is 0.513 e. The van der Waals surface area contributed by atoms with Crippen molar-refractivity contribution in [2.24, 2.45) is 0 Å². The Morgan fingerprint density at radius 1 is 1.24 bits per heavy atom. The van der Waals surface area contributed by atoms with E-state index >= 15 is 0 Å². The molecular formula is C12H17FNO6P. The summed E-state index contributed by atoms with van der Waals surface area (Å²) in [5, 5.41) is 2.51. The van der Waals surface area contributed by atoms with Crippen molar-refractivity contribution in [3.8, 4) is 0 Å². The third-order valence-electron chi connectivity index (χ3n) is 2.50. The molecule has 0 aliphatic carbocycles. The topological polar surface area (TPSA) is 90.9 Å². The van der Waals surface area contributed by atoms with Gasteiger partial charge in [0.15, 0.2) is 0 Å². The molecule has 9 heteroatoms. The lowest BCUT2D eigenvalue weighted by Gasteiger charge is -2.31. The first-order chi connectivity index (χ1) is 9.92. The molecule has 0 aromatic carbocycles. The molecule has 2 unspecified atom stereocenters. The summed E-state index contributed by atoms with van der Waals surface area (Å²) in [6.07, 6.45) is 1.01. The van der Waals surface area contributed by atoms with E-state index in [1.54, 1.807) is 6.92 Å². The van der Waals surface area contributed by atoms with Crippen LogP contribution in [0.25, 0.3) is 0 Å². The maximum absolute atomic E-state index is 11.9. The predicted octanol–water partition coefficient (Wildman–Crippen LogP) is 1.80. The molecule has 118 valence electrons. The van der Waals surface area contributed by atoms with Crippen molar-refractivity contribution in [1.82, 2.24) is 5.32 Å². The quantitative estimate of drug-likeness (QED) is 0.395. The van der Waals surface area contributed by atoms with Crippen molar-refractivity contribution in [3.05, 3.63) is 25.3 Å². The van der Waals surface area contributed by atoms with E-state index in [1.807, 2.05) is 0 Å². The van der Waals surface area contributed by atoms with E-state index in [-0.39, 0.29) is 19.6 Å². The van der Waals surface area contributed by atoms with E-state index in [0.717, 1.165) is 12.2 Å². The number of rotatable bonds is 9. The molecule has 0 aliphatic heterocycles. The highest BCUT2D eigenvalue weighted by Crippen LogP contribution is 2.16. The van der Waals surface area contributed by atoms with Gasteiger partial charge in [0.1, 0.15) is 18.8 Å². The number of hydrogen-bond donors (Lipinski definition) is 1. The van der Waals surface area contributed by atoms with Crippen LogP contribution in [-0.2, 0) is 23.6 Å². The van der Waals surface area contributed by atoms with Crippen LogP contribution >= 0.6 is 9.12 Å². The summed E-state index contributed by atoms with van der Waals surface area (Å²) in [6, 6.07) is 0. The summed E-state index contributed by atoms with van der Waals surface area (Å²) < 4.78 is 25.4. The second kappa shape index (κ2) is 9.88. The first kappa shape index (κ1) is 19.1. The highest BCUT2D eigenvalue weighted by Gasteiger charge is 2.33. The van der Waals surface area contributed by atoms with Crippen LogP contribution in [0.2, 0.25) is 0 Å². The van der Waals surface area contributed by atoms with Gasteiger partial charge < -0.3 is 19.3 Å². The molecule has 0 aliphatic rings. The summed E-state index contributed by atoms with van der Waals surface area (Å²) >= 11 is 0. The Labute approximate surface area is 123 Å². The summed E-state index contributed by atoms with van der Waals surface area (Å²) in [5.74, 6) is -1.25. The van der Waals surface area contributed by atoms with Gasteiger partial charge in [-0.15, -0.1) is 0 Å². The fourth-order valence-corrected chi connectivity index (χ4v) is 1.37. The molecule has 0 spiro atoms. The van der Waals surface area contributed by atoms with E-state index in [4.69, 9.17) is 4.74 Å². The lowest BCUT2D eigenvalue weighted by molar-refractivity contribution is -0.142. The fraction of sp³-hybridized carbons (Fsp3) is 0.417. The highest BCUT2D eigenvalue weighted by molar-refractivity contribution is 7.26. The number of halogens is 1. The summed E-state index contributed by atoms with van der Waals surface area (Å²) in [4.78, 5) is 33.6. The molecule has 0 radical (unpaired) electrons. The molecule has 0 saturated heterocycles. The number of hydrogen-bond acceptors (Lipinski definition) is 6. The van der Waals surface area contributed by atoms with Gasteiger partial charge in [-0.2, -0.15) is 4.20 Å². The number of amides is 1. The van der Waals surface area contributed by atoms with Crippen molar-refractivity contribution in [1.29, 1.82) is 0 Å². The van der Waals surface area contributed by atoms with Gasteiger partial charge >= 0.3 is 12.1 Å². The Bertz CT molecular complexity index is 417. The molecular weight excluding hydrogens is 304 g/mol. The van der Waals surface area contributed by atoms with Crippen molar-refractivity contribution >= 4 is 27.2 Å². The number of carbonyl (C=O) groups is 3. The zero-order valence-corrected chi connectivity index (χ0v) is 12.5. The largest absolute Gasteiger partial charge is 0.513 e. The average molecular weight is 321 g/mol. The highest BCUT2D eigenvalue weighted by atomic mass is 31.1. The van der Waals surface area contributed by atoms with Gasteiger partial charge in [0.2, 0.25) is 5.91 Å². The molecule has 0 heterocycles. The lowest BCUT2D eigenvalue weighted by atomic mass is 9.98. The normalized spacial score (nSPS) is 13.0. The molecule has 0 saturated carbocycles. The lowest BCUT2D eigenvalue weighted by Crippen LogP contribution is -2.55. The molecule has 0 aromatic heterocycles. The Morgan fingerprint density at radius 3 is 2.33 bits per heavy atom. The van der Waals surface area contributed by atoms with Crippen LogP contribution in [0.15, 0.2) is 25.3 Å². The van der Waals surface area contributed by atoms with Gasteiger partial charge in [-0.25, -0.2) is 9.59 Å². The summed E-state index contributed by atoms with van der Waals surface area (Å²) in [6.45, 7) is 7.59. The van der Waals surface area contributed by atoms with Gasteiger partial charge in [0.05, 0.1) is 0 Å². The average Bonchev–Trinajstić information content (AvgIpc) is 2.49. The van der Waals surface area contributed by atoms with Crippen molar-refractivity contribution in [3.63, 3.8) is 0 Å². The van der Waals surface area contributed by atoms with E-state index in [9.17, 15) is 18.6 Å². The van der Waals surface area contributed by atoms with Crippen LogP contribution in [0.3, 0.4) is 0 Å². The summed E-state index contributed by atoms with van der Waals surface area (Å²) in [5.41, 5.74) is -1.18. The molecule has 1 N–H and O–H groups in total. The number of carbonyl (C=O) groups excluding carboxylic acids is 3. The molecule has 2 atom stereocenters. The number of nitrogens with one attached hydrogen (secondary N) is 1. The van der Waals surface area contributed by atoms with Gasteiger partial charge in [0.25, 0.3) is 9.12 Å². The monoisotopic (exact) mass is 321 g/mol. The number of esters is 1. The Balaban J connectivity index is 4.87. The molecule has 0 fully saturated rings. The molecule has 0 aromatic rings. The predicted molar refractivity (Wildman–Crippen MR) is 74.4 cm³/mol. The van der Waals surface area contributed by atoms with Crippen molar-refractivity contribution < 1.29 is 32.6 Å². The number of ether oxygens (including phenoxy) is 2. The first-order valence-corrected chi connectivity index (χ1v) is 6.64. The van der Waals surface area contributed by atoms with Crippen LogP contribution in [0.1, 0.15) is 13.3 Å². The standard InChI is InChI=1S/C12H17FNO6P/c1-4-9(15)14-12(6-3,7-18-10(16)5-2)8-19-11(17)20-21-13/h4-5,21H,1-2,6-8H2,3H3,(H,14,15). The van der Waals surface area contributed by atoms with Gasteiger partial charge in [0, 0.05) is 6.08 Å². The smallest absolute Gasteiger partial charge is 0.460 e. The first-order valence-electron chi connectivity index (χ1n) is 5.86. The Hall–Kier alpha value is -1.95. The van der Waals surface area contributed by atoms with Gasteiger partial charge in [-0.3, -0.25) is 4.79 Å². The minimum absolute atomic E-state index is 0.265. The third kappa shape index (κ3) is 7.41. The van der Waals surface area contributed by atoms with Gasteiger partial charge in [-0.1, -0.05) is 20.1 Å². The minimum atomic E-state index is -1.55. The molecule has 21 heavy (non-hydrogen) atoms. The van der Waals surface area contributed by atoms with Crippen molar-refractivity contribution in [2.75, 3.05) is 13.2 Å². The van der Waals surface area contributed by atoms with E-state index in [0.29, 0.717) is 0 Å². The van der Waals surface area contributed by atoms with Crippen LogP contribution in [0.5, 0.6) is 0 Å².